The van der Waals surface area contributed by atoms with Gasteiger partial charge in [-0.15, -0.1) is 0 Å². The van der Waals surface area contributed by atoms with Crippen LogP contribution in [-0.2, 0) is 0 Å². The van der Waals surface area contributed by atoms with Gasteiger partial charge in [0.05, 0.1) is 0 Å². The van der Waals surface area contributed by atoms with E-state index < -0.39 is 0 Å². The summed E-state index contributed by atoms with van der Waals surface area (Å²) in [4.78, 5) is 0. The van der Waals surface area contributed by atoms with Gasteiger partial charge in [0.2, 0.25) is 0 Å². The van der Waals surface area contributed by atoms with Gasteiger partial charge in [-0.05, 0) is 46.2 Å². The van der Waals surface area contributed by atoms with Crippen molar-refractivity contribution in [3.05, 3.63) is 53.2 Å². The van der Waals surface area contributed by atoms with Crippen LogP contribution in [0.25, 0.3) is 27.6 Å². The largest absolute Gasteiger partial charge is 0.0798 e. The van der Waals surface area contributed by atoms with Crippen molar-refractivity contribution in [2.24, 2.45) is 0 Å². The van der Waals surface area contributed by atoms with E-state index in [1.54, 1.807) is 0 Å². The molecule has 0 heterocycles. The van der Waals surface area contributed by atoms with Gasteiger partial charge in [0.15, 0.2) is 0 Å². The van der Waals surface area contributed by atoms with Crippen molar-refractivity contribution in [1.29, 1.82) is 0 Å². The van der Waals surface area contributed by atoms with Gasteiger partial charge in [0.25, 0.3) is 0 Å². The van der Waals surface area contributed by atoms with Crippen LogP contribution in [0.15, 0.2) is 42.5 Å². The van der Waals surface area contributed by atoms with Crippen molar-refractivity contribution >= 4 is 27.6 Å². The van der Waals surface area contributed by atoms with E-state index in [2.05, 4.69) is 62.4 Å². The molecule has 0 nitrogen and oxygen atoms in total. The molecule has 0 atom stereocenters. The molecule has 3 rings (SSSR count). The van der Waals surface area contributed by atoms with E-state index in [0.717, 1.165) is 0 Å². The molecule has 3 aromatic carbocycles. The van der Waals surface area contributed by atoms with Crippen LogP contribution in [-0.4, -0.2) is 0 Å². The van der Waals surface area contributed by atoms with Gasteiger partial charge in [-0.3, -0.25) is 0 Å². The highest BCUT2D eigenvalue weighted by molar-refractivity contribution is 6.11. The van der Waals surface area contributed by atoms with E-state index >= 15 is 0 Å². The van der Waals surface area contributed by atoms with Gasteiger partial charge in [0.1, 0.15) is 0 Å². The Bertz CT molecular complexity index is 705. The summed E-state index contributed by atoms with van der Waals surface area (Å²) in [5.41, 5.74) is 1.36. The Morgan fingerprint density at radius 1 is 0.700 bits per heavy atom. The van der Waals surface area contributed by atoms with Gasteiger partial charge in [-0.1, -0.05) is 76.2 Å². The molecule has 0 aromatic heterocycles. The van der Waals surface area contributed by atoms with E-state index in [9.17, 15) is 0 Å². The number of hydrogen-bond donors (Lipinski definition) is 0. The second-order valence-corrected chi connectivity index (χ2v) is 4.28. The molecule has 0 heteroatoms. The zero-order chi connectivity index (χ0) is 15.1. The number of hydrogen-bond acceptors (Lipinski definition) is 0. The van der Waals surface area contributed by atoms with Crippen molar-refractivity contribution in [3.8, 4) is 0 Å². The molecule has 0 amide bonds. The lowest BCUT2D eigenvalue weighted by Gasteiger charge is -2.08. The second kappa shape index (κ2) is 7.69. The Kier molecular flexibility index (Phi) is 6.24. The van der Waals surface area contributed by atoms with Crippen molar-refractivity contribution in [2.75, 3.05) is 0 Å². The first-order valence-electron chi connectivity index (χ1n) is 7.68. The molecular formula is C20H26. The summed E-state index contributed by atoms with van der Waals surface area (Å²) in [6.45, 7) is 12.3. The Morgan fingerprint density at radius 2 is 1.25 bits per heavy atom. The van der Waals surface area contributed by atoms with E-state index in [0.29, 0.717) is 0 Å². The molecule has 0 aliphatic carbocycles. The molecule has 0 N–H and O–H groups in total. The van der Waals surface area contributed by atoms with E-state index in [1.807, 2.05) is 27.7 Å². The molecule has 0 aliphatic heterocycles. The van der Waals surface area contributed by atoms with Crippen LogP contribution in [0.1, 0.15) is 40.2 Å². The highest BCUT2D eigenvalue weighted by Crippen LogP contribution is 2.26. The summed E-state index contributed by atoms with van der Waals surface area (Å²) in [5.74, 6) is 0. The molecule has 0 aliphatic rings. The summed E-state index contributed by atoms with van der Waals surface area (Å²) in [6, 6.07) is 15.4. The standard InChI is InChI=1S/C16H14.2C2H6/c1-3-12-9-10-14-6-4-5-13-8-7-11(2)15(12)16(13)14;2*1-2/h3-10H,1-2H3;2*1-2H3/b12-3-;;. The molecule has 0 spiro atoms. The minimum atomic E-state index is 1.34. The van der Waals surface area contributed by atoms with Gasteiger partial charge in [0, 0.05) is 0 Å². The lowest BCUT2D eigenvalue weighted by Crippen LogP contribution is -2.02. The molecule has 0 radical (unpaired) electrons. The fraction of sp³-hybridized carbons (Fsp3) is 0.300. The third-order valence-corrected chi connectivity index (χ3v) is 3.33. The van der Waals surface area contributed by atoms with Crippen molar-refractivity contribution in [3.63, 3.8) is 0 Å². The highest BCUT2D eigenvalue weighted by Gasteiger charge is 2.04. The highest BCUT2D eigenvalue weighted by atomic mass is 14.1. The van der Waals surface area contributed by atoms with Gasteiger partial charge in [-0.25, -0.2) is 0 Å². The Labute approximate surface area is 123 Å². The quantitative estimate of drug-likeness (QED) is 0.477. The molecule has 0 saturated heterocycles. The number of aryl methyl sites for hydroxylation is 1. The lowest BCUT2D eigenvalue weighted by atomic mass is 9.96. The number of rotatable bonds is 0. The minimum absolute atomic E-state index is 1.34. The smallest absolute Gasteiger partial charge is 0.00303 e. The van der Waals surface area contributed by atoms with E-state index in [1.165, 1.54) is 32.3 Å². The first-order chi connectivity index (χ1) is 9.81. The summed E-state index contributed by atoms with van der Waals surface area (Å²) in [5, 5.41) is 6.81. The van der Waals surface area contributed by atoms with Crippen LogP contribution in [0.5, 0.6) is 0 Å². The fourth-order valence-corrected chi connectivity index (χ4v) is 2.53. The van der Waals surface area contributed by atoms with E-state index in [4.69, 9.17) is 0 Å². The zero-order valence-electron chi connectivity index (χ0n) is 13.6. The van der Waals surface area contributed by atoms with Gasteiger partial charge < -0.3 is 0 Å². The van der Waals surface area contributed by atoms with Gasteiger partial charge in [-0.2, -0.15) is 0 Å². The molecule has 106 valence electrons. The SMILES string of the molecule is C/C=c1/ccc2cccc3ccc(C)c1c32.CC.CC. The molecule has 0 bridgehead atoms. The second-order valence-electron chi connectivity index (χ2n) is 4.28. The zero-order valence-corrected chi connectivity index (χ0v) is 13.6. The van der Waals surface area contributed by atoms with Crippen molar-refractivity contribution in [2.45, 2.75) is 41.5 Å². The monoisotopic (exact) mass is 266 g/mol. The first-order valence-corrected chi connectivity index (χ1v) is 7.68. The molecule has 0 fully saturated rings. The van der Waals surface area contributed by atoms with Crippen LogP contribution in [0.4, 0.5) is 0 Å². The maximum absolute atomic E-state index is 2.21. The van der Waals surface area contributed by atoms with Crippen LogP contribution in [0.2, 0.25) is 0 Å². The third-order valence-electron chi connectivity index (χ3n) is 3.33. The average molecular weight is 266 g/mol. The topological polar surface area (TPSA) is 0 Å². The molecule has 0 unspecified atom stereocenters. The normalized spacial score (nSPS) is 10.8. The minimum Gasteiger partial charge on any atom is -0.0798 e. The van der Waals surface area contributed by atoms with Gasteiger partial charge >= 0.3 is 0 Å². The Balaban J connectivity index is 0.000000461. The Morgan fingerprint density at radius 3 is 1.80 bits per heavy atom. The summed E-state index contributed by atoms with van der Waals surface area (Å²) in [7, 11) is 0. The predicted octanol–water partition coefficient (Wildman–Crippen LogP) is 5.87. The summed E-state index contributed by atoms with van der Waals surface area (Å²) >= 11 is 0. The van der Waals surface area contributed by atoms with Crippen LogP contribution in [0.3, 0.4) is 0 Å². The number of benzene rings is 3. The third kappa shape index (κ3) is 2.85. The summed E-state index contributed by atoms with van der Waals surface area (Å²) in [6.07, 6.45) is 2.19. The Hall–Kier alpha value is -1.82. The van der Waals surface area contributed by atoms with E-state index in [-0.39, 0.29) is 0 Å². The maximum atomic E-state index is 2.21. The molecule has 3 aromatic rings. The predicted molar refractivity (Wildman–Crippen MR) is 94.2 cm³/mol. The van der Waals surface area contributed by atoms with Crippen molar-refractivity contribution in [1.82, 2.24) is 0 Å². The average Bonchev–Trinajstić information content (AvgIpc) is 2.54. The van der Waals surface area contributed by atoms with Crippen molar-refractivity contribution < 1.29 is 0 Å². The molecular weight excluding hydrogens is 240 g/mol. The first kappa shape index (κ1) is 16.2. The molecule has 20 heavy (non-hydrogen) atoms. The lowest BCUT2D eigenvalue weighted by molar-refractivity contribution is 1.50. The fourth-order valence-electron chi connectivity index (χ4n) is 2.53. The molecule has 0 saturated carbocycles. The maximum Gasteiger partial charge on any atom is -0.00303 e. The summed E-state index contributed by atoms with van der Waals surface area (Å²) < 4.78 is 0. The van der Waals surface area contributed by atoms with Crippen LogP contribution >= 0.6 is 0 Å². The van der Waals surface area contributed by atoms with Crippen LogP contribution in [0, 0.1) is 6.92 Å². The van der Waals surface area contributed by atoms with Crippen LogP contribution < -0.4 is 5.22 Å².